The summed E-state index contributed by atoms with van der Waals surface area (Å²) in [5.41, 5.74) is 1.07. The van der Waals surface area contributed by atoms with Crippen molar-refractivity contribution in [1.82, 2.24) is 4.90 Å². The second-order valence-corrected chi connectivity index (χ2v) is 6.94. The van der Waals surface area contributed by atoms with Crippen molar-refractivity contribution in [3.63, 3.8) is 0 Å². The molecule has 0 N–H and O–H groups in total. The van der Waals surface area contributed by atoms with E-state index in [0.717, 1.165) is 29.8 Å². The minimum absolute atomic E-state index is 0.616. The predicted octanol–water partition coefficient (Wildman–Crippen LogP) is 4.43. The van der Waals surface area contributed by atoms with E-state index < -0.39 is 0 Å². The lowest BCUT2D eigenvalue weighted by molar-refractivity contribution is 0.133. The van der Waals surface area contributed by atoms with Crippen LogP contribution in [0.3, 0.4) is 0 Å². The zero-order chi connectivity index (χ0) is 13.4. The lowest BCUT2D eigenvalue weighted by atomic mass is 9.99. The summed E-state index contributed by atoms with van der Waals surface area (Å²) in [5.74, 6) is 0. The molecule has 0 saturated carbocycles. The molecule has 3 rings (SSSR count). The molecule has 2 heterocycles. The van der Waals surface area contributed by atoms with Crippen LogP contribution in [-0.4, -0.2) is 37.1 Å². The van der Waals surface area contributed by atoms with Crippen LogP contribution in [0, 0.1) is 0 Å². The molecule has 1 aromatic carbocycles. The molecule has 2 aliphatic rings. The van der Waals surface area contributed by atoms with Gasteiger partial charge in [-0.2, -0.15) is 0 Å². The highest BCUT2D eigenvalue weighted by atomic mass is 79.9. The summed E-state index contributed by atoms with van der Waals surface area (Å²) in [4.78, 5) is 5.00. The molecule has 2 aliphatic heterocycles. The summed E-state index contributed by atoms with van der Waals surface area (Å²) in [5, 5.41) is 1.28. The number of nitrogens with zero attached hydrogens (tertiary/aromatic N) is 2. The summed E-state index contributed by atoms with van der Waals surface area (Å²) >= 11 is 16.0. The Morgan fingerprint density at radius 3 is 2.74 bits per heavy atom. The third kappa shape index (κ3) is 2.76. The number of rotatable bonds is 1. The van der Waals surface area contributed by atoms with Crippen molar-refractivity contribution in [2.45, 2.75) is 25.3 Å². The standard InChI is InChI=1S/C14H17BrCl2N2/c15-11-4-5-12(14(17)13(11)16)19-8-7-18-6-2-1-3-10(18)9-19/h4-5,10H,1-3,6-9H2. The van der Waals surface area contributed by atoms with E-state index in [9.17, 15) is 0 Å². The van der Waals surface area contributed by atoms with Crippen LogP contribution in [0.5, 0.6) is 0 Å². The minimum atomic E-state index is 0.616. The van der Waals surface area contributed by atoms with E-state index in [4.69, 9.17) is 23.2 Å². The number of piperazine rings is 1. The van der Waals surface area contributed by atoms with E-state index in [1.165, 1.54) is 25.8 Å². The van der Waals surface area contributed by atoms with Gasteiger partial charge >= 0.3 is 0 Å². The van der Waals surface area contributed by atoms with Gasteiger partial charge in [0.2, 0.25) is 0 Å². The highest BCUT2D eigenvalue weighted by molar-refractivity contribution is 9.10. The number of hydrogen-bond donors (Lipinski definition) is 0. The smallest absolute Gasteiger partial charge is 0.0837 e. The van der Waals surface area contributed by atoms with Crippen LogP contribution < -0.4 is 4.90 Å². The molecule has 0 aromatic heterocycles. The Bertz CT molecular complexity index is 481. The van der Waals surface area contributed by atoms with E-state index in [1.54, 1.807) is 0 Å². The highest BCUT2D eigenvalue weighted by Crippen LogP contribution is 2.38. The number of anilines is 1. The highest BCUT2D eigenvalue weighted by Gasteiger charge is 2.30. The summed E-state index contributed by atoms with van der Waals surface area (Å²) in [6.45, 7) is 4.49. The quantitative estimate of drug-likeness (QED) is 0.681. The number of benzene rings is 1. The molecule has 2 nitrogen and oxygen atoms in total. The maximum absolute atomic E-state index is 6.39. The summed E-state index contributed by atoms with van der Waals surface area (Å²) < 4.78 is 0.860. The molecular formula is C14H17BrCl2N2. The van der Waals surface area contributed by atoms with E-state index in [0.29, 0.717) is 16.1 Å². The lowest BCUT2D eigenvalue weighted by Gasteiger charge is -2.45. The van der Waals surface area contributed by atoms with Gasteiger partial charge < -0.3 is 4.90 Å². The van der Waals surface area contributed by atoms with Crippen LogP contribution in [0.4, 0.5) is 5.69 Å². The molecule has 1 unspecified atom stereocenters. The summed E-state index contributed by atoms with van der Waals surface area (Å²) in [7, 11) is 0. The zero-order valence-electron chi connectivity index (χ0n) is 10.7. The molecule has 0 spiro atoms. The first-order valence-electron chi connectivity index (χ1n) is 6.79. The fraction of sp³-hybridized carbons (Fsp3) is 0.571. The van der Waals surface area contributed by atoms with Gasteiger partial charge in [-0.15, -0.1) is 0 Å². The van der Waals surface area contributed by atoms with Crippen molar-refractivity contribution >= 4 is 44.8 Å². The van der Waals surface area contributed by atoms with Gasteiger partial charge in [0.15, 0.2) is 0 Å². The van der Waals surface area contributed by atoms with Crippen molar-refractivity contribution in [3.8, 4) is 0 Å². The van der Waals surface area contributed by atoms with Gasteiger partial charge in [0.25, 0.3) is 0 Å². The normalized spacial score (nSPS) is 24.4. The second kappa shape index (κ2) is 5.80. The average Bonchev–Trinajstić information content (AvgIpc) is 2.44. The van der Waals surface area contributed by atoms with Gasteiger partial charge in [-0.05, 0) is 47.4 Å². The fourth-order valence-corrected chi connectivity index (χ4v) is 4.02. The van der Waals surface area contributed by atoms with Crippen LogP contribution in [0.2, 0.25) is 10.0 Å². The number of halogens is 3. The molecule has 1 atom stereocenters. The SMILES string of the molecule is Clc1c(Br)ccc(N2CCN3CCCCC3C2)c1Cl. The topological polar surface area (TPSA) is 6.48 Å². The average molecular weight is 364 g/mol. The van der Waals surface area contributed by atoms with Crippen LogP contribution in [0.1, 0.15) is 19.3 Å². The Balaban J connectivity index is 1.81. The maximum Gasteiger partial charge on any atom is 0.0837 e. The molecule has 19 heavy (non-hydrogen) atoms. The monoisotopic (exact) mass is 362 g/mol. The molecule has 0 aliphatic carbocycles. The first-order valence-corrected chi connectivity index (χ1v) is 8.34. The van der Waals surface area contributed by atoms with Crippen molar-refractivity contribution in [3.05, 3.63) is 26.7 Å². The molecular weight excluding hydrogens is 347 g/mol. The van der Waals surface area contributed by atoms with Gasteiger partial charge in [0.05, 0.1) is 15.7 Å². The zero-order valence-corrected chi connectivity index (χ0v) is 13.8. The Labute approximate surface area is 132 Å². The van der Waals surface area contributed by atoms with E-state index in [-0.39, 0.29) is 0 Å². The van der Waals surface area contributed by atoms with E-state index in [1.807, 2.05) is 6.07 Å². The Kier molecular flexibility index (Phi) is 4.28. The number of hydrogen-bond acceptors (Lipinski definition) is 2. The molecule has 1 aromatic rings. The Morgan fingerprint density at radius 2 is 1.89 bits per heavy atom. The summed E-state index contributed by atoms with van der Waals surface area (Å²) in [6, 6.07) is 4.73. The lowest BCUT2D eigenvalue weighted by Crippen LogP contribution is -2.55. The minimum Gasteiger partial charge on any atom is -0.367 e. The van der Waals surface area contributed by atoms with Crippen molar-refractivity contribution in [2.75, 3.05) is 31.1 Å². The van der Waals surface area contributed by atoms with Gasteiger partial charge in [-0.1, -0.05) is 29.6 Å². The van der Waals surface area contributed by atoms with Gasteiger partial charge in [0.1, 0.15) is 0 Å². The molecule has 0 amide bonds. The van der Waals surface area contributed by atoms with Crippen LogP contribution in [0.15, 0.2) is 16.6 Å². The predicted molar refractivity (Wildman–Crippen MR) is 85.6 cm³/mol. The van der Waals surface area contributed by atoms with Gasteiger partial charge in [-0.25, -0.2) is 0 Å². The van der Waals surface area contributed by atoms with Gasteiger partial charge in [0, 0.05) is 30.1 Å². The molecule has 104 valence electrons. The third-order valence-corrected chi connectivity index (χ3v) is 5.95. The Hall–Kier alpha value is 0.0400. The maximum atomic E-state index is 6.39. The molecule has 2 saturated heterocycles. The Morgan fingerprint density at radius 1 is 1.05 bits per heavy atom. The second-order valence-electron chi connectivity index (χ2n) is 5.33. The molecule has 5 heteroatoms. The first-order chi connectivity index (χ1) is 9.16. The van der Waals surface area contributed by atoms with E-state index in [2.05, 4.69) is 31.8 Å². The molecule has 2 fully saturated rings. The molecule has 0 bridgehead atoms. The van der Waals surface area contributed by atoms with E-state index >= 15 is 0 Å². The van der Waals surface area contributed by atoms with Crippen LogP contribution >= 0.6 is 39.1 Å². The van der Waals surface area contributed by atoms with Crippen LogP contribution in [0.25, 0.3) is 0 Å². The van der Waals surface area contributed by atoms with Crippen LogP contribution in [-0.2, 0) is 0 Å². The van der Waals surface area contributed by atoms with Crippen molar-refractivity contribution < 1.29 is 0 Å². The van der Waals surface area contributed by atoms with Gasteiger partial charge in [-0.3, -0.25) is 4.90 Å². The largest absolute Gasteiger partial charge is 0.367 e. The van der Waals surface area contributed by atoms with Crippen molar-refractivity contribution in [1.29, 1.82) is 0 Å². The summed E-state index contributed by atoms with van der Waals surface area (Å²) in [6.07, 6.45) is 4.00. The number of piperidine rings is 1. The third-order valence-electron chi connectivity index (χ3n) is 4.19. The van der Waals surface area contributed by atoms with Crippen molar-refractivity contribution in [2.24, 2.45) is 0 Å². The molecule has 0 radical (unpaired) electrons. The first kappa shape index (κ1) is 14.0. The fourth-order valence-electron chi connectivity index (χ4n) is 3.13. The number of fused-ring (bicyclic) bond motifs is 1.